The molecule has 1 aromatic heterocycles. The van der Waals surface area contributed by atoms with Crippen molar-refractivity contribution in [2.24, 2.45) is 0 Å². The molecule has 0 saturated carbocycles. The van der Waals surface area contributed by atoms with E-state index in [1.54, 1.807) is 24.0 Å². The lowest BCUT2D eigenvalue weighted by Crippen LogP contribution is -2.37. The fourth-order valence-corrected chi connectivity index (χ4v) is 4.42. The molecule has 1 heterocycles. The number of benzene rings is 2. The van der Waals surface area contributed by atoms with Crippen LogP contribution in [0.25, 0.3) is 10.2 Å². The molecule has 7 nitrogen and oxygen atoms in total. The summed E-state index contributed by atoms with van der Waals surface area (Å²) in [5.74, 6) is -0.276. The molecule has 0 N–H and O–H groups in total. The van der Waals surface area contributed by atoms with E-state index in [-0.39, 0.29) is 11.6 Å². The van der Waals surface area contributed by atoms with E-state index in [0.29, 0.717) is 29.3 Å². The lowest BCUT2D eigenvalue weighted by atomic mass is 10.1. The highest BCUT2D eigenvalue weighted by molar-refractivity contribution is 7.22. The maximum absolute atomic E-state index is 13.4. The van der Waals surface area contributed by atoms with Crippen LogP contribution in [0.4, 0.5) is 10.8 Å². The number of thiazole rings is 1. The summed E-state index contributed by atoms with van der Waals surface area (Å²) in [6.07, 6.45) is 0. The zero-order valence-corrected chi connectivity index (χ0v) is 18.0. The quantitative estimate of drug-likeness (QED) is 0.444. The Hall–Kier alpha value is -2.84. The van der Waals surface area contributed by atoms with Crippen LogP contribution in [-0.4, -0.2) is 47.9 Å². The van der Waals surface area contributed by atoms with Gasteiger partial charge in [-0.3, -0.25) is 19.8 Å². The second-order valence-corrected chi connectivity index (χ2v) is 8.40. The van der Waals surface area contributed by atoms with E-state index in [9.17, 15) is 14.9 Å². The number of nitro benzene ring substituents is 1. The maximum Gasteiger partial charge on any atom is 0.273 e. The Kier molecular flexibility index (Phi) is 5.95. The number of likely N-dealkylation sites (N-methyl/N-ethyl adjacent to an activating group) is 1. The van der Waals surface area contributed by atoms with Gasteiger partial charge in [0, 0.05) is 30.3 Å². The average Bonchev–Trinajstić information content (AvgIpc) is 3.05. The summed E-state index contributed by atoms with van der Waals surface area (Å²) in [4.78, 5) is 32.6. The van der Waals surface area contributed by atoms with E-state index >= 15 is 0 Å². The van der Waals surface area contributed by atoms with E-state index in [2.05, 4.69) is 12.1 Å². The molecular weight excluding hydrogens is 388 g/mol. The van der Waals surface area contributed by atoms with Crippen molar-refractivity contribution in [3.63, 3.8) is 0 Å². The standard InChI is InChI=1S/C21H24N4O3S/c1-13-11-14(2)19-18(12-13)29-21(22-19)24(10-9-23(4)5)20(26)16-7-6-8-17(15(16)3)25(27)28/h6-8,11-12H,9-10H2,1-5H3. The number of aromatic nitrogens is 1. The van der Waals surface area contributed by atoms with Gasteiger partial charge in [-0.2, -0.15) is 0 Å². The number of aryl methyl sites for hydroxylation is 2. The van der Waals surface area contributed by atoms with E-state index in [4.69, 9.17) is 4.98 Å². The first kappa shape index (κ1) is 20.9. The molecule has 0 bridgehead atoms. The molecule has 152 valence electrons. The largest absolute Gasteiger partial charge is 0.308 e. The van der Waals surface area contributed by atoms with Crippen molar-refractivity contribution in [3.8, 4) is 0 Å². The molecule has 0 saturated heterocycles. The Bertz CT molecular complexity index is 1090. The van der Waals surface area contributed by atoms with Crippen LogP contribution in [0.15, 0.2) is 30.3 Å². The molecule has 0 spiro atoms. The fourth-order valence-electron chi connectivity index (χ4n) is 3.26. The first-order valence-electron chi connectivity index (χ1n) is 9.27. The summed E-state index contributed by atoms with van der Waals surface area (Å²) in [7, 11) is 3.88. The van der Waals surface area contributed by atoms with Crippen molar-refractivity contribution in [2.45, 2.75) is 20.8 Å². The predicted molar refractivity (Wildman–Crippen MR) is 117 cm³/mol. The number of nitro groups is 1. The zero-order valence-electron chi connectivity index (χ0n) is 17.2. The topological polar surface area (TPSA) is 79.6 Å². The number of amides is 1. The van der Waals surface area contributed by atoms with E-state index in [0.717, 1.165) is 21.3 Å². The summed E-state index contributed by atoms with van der Waals surface area (Å²) < 4.78 is 1.02. The third-order valence-electron chi connectivity index (χ3n) is 4.80. The van der Waals surface area contributed by atoms with Crippen LogP contribution in [0.1, 0.15) is 27.0 Å². The molecule has 29 heavy (non-hydrogen) atoms. The van der Waals surface area contributed by atoms with Gasteiger partial charge in [-0.05, 0) is 58.1 Å². The van der Waals surface area contributed by atoms with Crippen LogP contribution in [0.3, 0.4) is 0 Å². The molecule has 0 atom stereocenters. The van der Waals surface area contributed by atoms with Gasteiger partial charge in [0.2, 0.25) is 0 Å². The van der Waals surface area contributed by atoms with Gasteiger partial charge in [0.25, 0.3) is 11.6 Å². The Morgan fingerprint density at radius 3 is 2.55 bits per heavy atom. The summed E-state index contributed by atoms with van der Waals surface area (Å²) in [5.41, 5.74) is 3.73. The Balaban J connectivity index is 2.09. The van der Waals surface area contributed by atoms with Crippen molar-refractivity contribution < 1.29 is 9.72 Å². The SMILES string of the molecule is Cc1cc(C)c2nc(N(CCN(C)C)C(=O)c3cccc([N+](=O)[O-])c3C)sc2c1. The molecular formula is C21H24N4O3S. The lowest BCUT2D eigenvalue weighted by molar-refractivity contribution is -0.385. The van der Waals surface area contributed by atoms with Crippen molar-refractivity contribution in [2.75, 3.05) is 32.1 Å². The van der Waals surface area contributed by atoms with E-state index in [1.165, 1.54) is 17.4 Å². The van der Waals surface area contributed by atoms with Gasteiger partial charge in [-0.25, -0.2) is 4.98 Å². The van der Waals surface area contributed by atoms with Gasteiger partial charge >= 0.3 is 0 Å². The minimum Gasteiger partial charge on any atom is -0.308 e. The first-order valence-corrected chi connectivity index (χ1v) is 10.1. The maximum atomic E-state index is 13.4. The van der Waals surface area contributed by atoms with Gasteiger partial charge in [0.15, 0.2) is 5.13 Å². The van der Waals surface area contributed by atoms with Crippen molar-refractivity contribution in [3.05, 3.63) is 62.7 Å². The third kappa shape index (κ3) is 4.28. The van der Waals surface area contributed by atoms with Gasteiger partial charge in [0.05, 0.1) is 15.1 Å². The third-order valence-corrected chi connectivity index (χ3v) is 5.82. The number of carbonyl (C=O) groups excluding carboxylic acids is 1. The van der Waals surface area contributed by atoms with Crippen molar-refractivity contribution >= 4 is 38.3 Å². The van der Waals surface area contributed by atoms with Gasteiger partial charge in [-0.1, -0.05) is 23.5 Å². The number of nitrogens with zero attached hydrogens (tertiary/aromatic N) is 4. The molecule has 2 aromatic carbocycles. The zero-order chi connectivity index (χ0) is 21.3. The monoisotopic (exact) mass is 412 g/mol. The highest BCUT2D eigenvalue weighted by atomic mass is 32.1. The van der Waals surface area contributed by atoms with Crippen LogP contribution in [-0.2, 0) is 0 Å². The van der Waals surface area contributed by atoms with Crippen molar-refractivity contribution in [1.29, 1.82) is 0 Å². The number of anilines is 1. The molecule has 0 aliphatic heterocycles. The second-order valence-electron chi connectivity index (χ2n) is 7.39. The van der Waals surface area contributed by atoms with Crippen LogP contribution in [0, 0.1) is 30.9 Å². The summed E-state index contributed by atoms with van der Waals surface area (Å²) in [6.45, 7) is 6.74. The highest BCUT2D eigenvalue weighted by Crippen LogP contribution is 2.33. The minimum atomic E-state index is -0.458. The van der Waals surface area contributed by atoms with Gasteiger partial charge < -0.3 is 4.90 Å². The first-order chi connectivity index (χ1) is 13.7. The molecule has 8 heteroatoms. The van der Waals surface area contributed by atoms with Crippen LogP contribution in [0.5, 0.6) is 0 Å². The summed E-state index contributed by atoms with van der Waals surface area (Å²) in [6, 6.07) is 8.74. The van der Waals surface area contributed by atoms with Gasteiger partial charge in [0.1, 0.15) is 0 Å². The van der Waals surface area contributed by atoms with Gasteiger partial charge in [-0.15, -0.1) is 0 Å². The smallest absolute Gasteiger partial charge is 0.273 e. The van der Waals surface area contributed by atoms with E-state index in [1.807, 2.05) is 32.8 Å². The summed E-state index contributed by atoms with van der Waals surface area (Å²) in [5, 5.41) is 11.9. The number of hydrogen-bond donors (Lipinski definition) is 0. The Morgan fingerprint density at radius 2 is 1.90 bits per heavy atom. The number of hydrogen-bond acceptors (Lipinski definition) is 6. The number of rotatable bonds is 6. The molecule has 3 aromatic rings. The summed E-state index contributed by atoms with van der Waals surface area (Å²) >= 11 is 1.47. The Labute approximate surface area is 173 Å². The molecule has 0 radical (unpaired) electrons. The molecule has 3 rings (SSSR count). The number of carbonyl (C=O) groups is 1. The van der Waals surface area contributed by atoms with Crippen LogP contribution in [0.2, 0.25) is 0 Å². The Morgan fingerprint density at radius 1 is 1.17 bits per heavy atom. The minimum absolute atomic E-state index is 0.0563. The second kappa shape index (κ2) is 8.26. The number of fused-ring (bicyclic) bond motifs is 1. The highest BCUT2D eigenvalue weighted by Gasteiger charge is 2.26. The predicted octanol–water partition coefficient (Wildman–Crippen LogP) is 4.34. The average molecular weight is 413 g/mol. The molecule has 0 fully saturated rings. The molecule has 0 unspecified atom stereocenters. The fraction of sp³-hybridized carbons (Fsp3) is 0.333. The van der Waals surface area contributed by atoms with Crippen molar-refractivity contribution in [1.82, 2.24) is 9.88 Å². The van der Waals surface area contributed by atoms with E-state index < -0.39 is 4.92 Å². The van der Waals surface area contributed by atoms with Crippen LogP contribution >= 0.6 is 11.3 Å². The molecule has 1 amide bonds. The lowest BCUT2D eigenvalue weighted by Gasteiger charge is -2.22. The molecule has 0 aliphatic carbocycles. The molecule has 0 aliphatic rings. The normalized spacial score (nSPS) is 11.2. The van der Waals surface area contributed by atoms with Crippen LogP contribution < -0.4 is 4.90 Å².